The Kier molecular flexibility index (Phi) is 5.20. The van der Waals surface area contributed by atoms with Crippen molar-refractivity contribution in [2.24, 2.45) is 5.41 Å². The first-order chi connectivity index (χ1) is 13.1. The lowest BCUT2D eigenvalue weighted by atomic mass is 9.72. The van der Waals surface area contributed by atoms with Gasteiger partial charge in [-0.2, -0.15) is 4.98 Å². The summed E-state index contributed by atoms with van der Waals surface area (Å²) in [5.41, 5.74) is 1.31. The Morgan fingerprint density at radius 3 is 2.78 bits per heavy atom. The maximum atomic E-state index is 12.4. The number of hydrogen-bond acceptors (Lipinski definition) is 6. The van der Waals surface area contributed by atoms with Gasteiger partial charge in [0.05, 0.1) is 6.54 Å². The van der Waals surface area contributed by atoms with Crippen molar-refractivity contribution >= 4 is 5.91 Å². The van der Waals surface area contributed by atoms with Crippen LogP contribution in [0.1, 0.15) is 43.1 Å². The summed E-state index contributed by atoms with van der Waals surface area (Å²) in [7, 11) is 0. The highest BCUT2D eigenvalue weighted by Gasteiger charge is 2.40. The van der Waals surface area contributed by atoms with Crippen molar-refractivity contribution in [1.82, 2.24) is 24.9 Å². The molecular formula is C20H27N5O2. The third-order valence-electron chi connectivity index (χ3n) is 5.96. The highest BCUT2D eigenvalue weighted by molar-refractivity contribution is 5.77. The quantitative estimate of drug-likeness (QED) is 0.804. The standard InChI is InChI=1S/C20H27N5O2/c1-16-22-18(27-23-16)14-24-12-8-20(9-13-24)7-5-19(26)25(15-20)11-6-17-4-2-3-10-21-17/h2-4,10H,5-9,11-15H2,1H3. The fourth-order valence-corrected chi connectivity index (χ4v) is 4.29. The molecule has 27 heavy (non-hydrogen) atoms. The Morgan fingerprint density at radius 1 is 1.22 bits per heavy atom. The van der Waals surface area contributed by atoms with E-state index in [0.717, 1.165) is 64.1 Å². The van der Waals surface area contributed by atoms with Crippen molar-refractivity contribution in [3.63, 3.8) is 0 Å². The van der Waals surface area contributed by atoms with Crippen molar-refractivity contribution in [1.29, 1.82) is 0 Å². The SMILES string of the molecule is Cc1noc(CN2CCC3(CCC(=O)N(CCc4ccccn4)C3)CC2)n1. The molecule has 0 unspecified atom stereocenters. The second-order valence-corrected chi connectivity index (χ2v) is 7.90. The van der Waals surface area contributed by atoms with Crippen molar-refractivity contribution in [3.05, 3.63) is 41.8 Å². The molecule has 2 aromatic heterocycles. The Morgan fingerprint density at radius 2 is 2.07 bits per heavy atom. The topological polar surface area (TPSA) is 75.4 Å². The molecule has 2 saturated heterocycles. The highest BCUT2D eigenvalue weighted by Crippen LogP contribution is 2.40. The number of aromatic nitrogens is 3. The van der Waals surface area contributed by atoms with E-state index in [0.29, 0.717) is 24.0 Å². The maximum absolute atomic E-state index is 12.4. The van der Waals surface area contributed by atoms with E-state index in [1.165, 1.54) is 0 Å². The zero-order valence-corrected chi connectivity index (χ0v) is 15.9. The van der Waals surface area contributed by atoms with E-state index in [1.807, 2.05) is 31.3 Å². The molecule has 0 N–H and O–H groups in total. The van der Waals surface area contributed by atoms with Crippen molar-refractivity contribution in [3.8, 4) is 0 Å². The summed E-state index contributed by atoms with van der Waals surface area (Å²) in [6, 6.07) is 5.96. The van der Waals surface area contributed by atoms with Gasteiger partial charge in [-0.3, -0.25) is 14.7 Å². The minimum absolute atomic E-state index is 0.263. The third-order valence-corrected chi connectivity index (χ3v) is 5.96. The first kappa shape index (κ1) is 18.1. The molecule has 0 aliphatic carbocycles. The van der Waals surface area contributed by atoms with Gasteiger partial charge in [-0.1, -0.05) is 11.2 Å². The molecule has 0 atom stereocenters. The fourth-order valence-electron chi connectivity index (χ4n) is 4.29. The molecule has 7 nitrogen and oxygen atoms in total. The predicted molar refractivity (Wildman–Crippen MR) is 99.7 cm³/mol. The molecule has 0 saturated carbocycles. The van der Waals surface area contributed by atoms with Gasteiger partial charge in [0.1, 0.15) is 0 Å². The zero-order chi connectivity index (χ0) is 18.7. The number of rotatable bonds is 5. The number of carbonyl (C=O) groups excluding carboxylic acids is 1. The smallest absolute Gasteiger partial charge is 0.240 e. The van der Waals surface area contributed by atoms with Crippen LogP contribution in [0.5, 0.6) is 0 Å². The predicted octanol–water partition coefficient (Wildman–Crippen LogP) is 2.22. The van der Waals surface area contributed by atoms with Gasteiger partial charge in [0, 0.05) is 37.8 Å². The van der Waals surface area contributed by atoms with Gasteiger partial charge < -0.3 is 9.42 Å². The number of carbonyl (C=O) groups is 1. The lowest BCUT2D eigenvalue weighted by Gasteiger charge is -2.47. The van der Waals surface area contributed by atoms with Crippen LogP contribution in [0, 0.1) is 12.3 Å². The lowest BCUT2D eigenvalue weighted by molar-refractivity contribution is -0.139. The average molecular weight is 369 g/mol. The number of aryl methyl sites for hydroxylation is 1. The first-order valence-corrected chi connectivity index (χ1v) is 9.81. The Hall–Kier alpha value is -2.28. The Balaban J connectivity index is 1.31. The summed E-state index contributed by atoms with van der Waals surface area (Å²) < 4.78 is 5.25. The molecule has 1 amide bonds. The molecule has 2 aliphatic rings. The number of likely N-dealkylation sites (tertiary alicyclic amines) is 2. The summed E-state index contributed by atoms with van der Waals surface area (Å²) in [4.78, 5) is 25.5. The molecule has 1 spiro atoms. The first-order valence-electron chi connectivity index (χ1n) is 9.81. The molecule has 2 aromatic rings. The van der Waals surface area contributed by atoms with Crippen LogP contribution in [-0.2, 0) is 17.8 Å². The van der Waals surface area contributed by atoms with Gasteiger partial charge in [0.15, 0.2) is 5.82 Å². The van der Waals surface area contributed by atoms with Crippen LogP contribution in [0.25, 0.3) is 0 Å². The summed E-state index contributed by atoms with van der Waals surface area (Å²) in [5.74, 6) is 1.67. The van der Waals surface area contributed by atoms with Crippen molar-refractivity contribution in [2.75, 3.05) is 26.2 Å². The van der Waals surface area contributed by atoms with Gasteiger partial charge in [0.2, 0.25) is 11.8 Å². The molecular weight excluding hydrogens is 342 g/mol. The molecule has 0 bridgehead atoms. The second-order valence-electron chi connectivity index (χ2n) is 7.90. The monoisotopic (exact) mass is 369 g/mol. The van der Waals surface area contributed by atoms with E-state index >= 15 is 0 Å². The van der Waals surface area contributed by atoms with E-state index in [9.17, 15) is 4.79 Å². The van der Waals surface area contributed by atoms with Gasteiger partial charge in [-0.25, -0.2) is 0 Å². The van der Waals surface area contributed by atoms with Crippen LogP contribution in [0.2, 0.25) is 0 Å². The number of nitrogens with zero attached hydrogens (tertiary/aromatic N) is 5. The molecule has 4 heterocycles. The summed E-state index contributed by atoms with van der Waals surface area (Å²) >= 11 is 0. The van der Waals surface area contributed by atoms with Crippen molar-refractivity contribution < 1.29 is 9.32 Å². The van der Waals surface area contributed by atoms with Gasteiger partial charge >= 0.3 is 0 Å². The summed E-state index contributed by atoms with van der Waals surface area (Å²) in [6.07, 6.45) is 6.56. The maximum Gasteiger partial charge on any atom is 0.240 e. The summed E-state index contributed by atoms with van der Waals surface area (Å²) in [6.45, 7) is 6.25. The minimum Gasteiger partial charge on any atom is -0.342 e. The van der Waals surface area contributed by atoms with Crippen LogP contribution < -0.4 is 0 Å². The van der Waals surface area contributed by atoms with E-state index < -0.39 is 0 Å². The normalized spacial score (nSPS) is 20.3. The van der Waals surface area contributed by atoms with Crippen molar-refractivity contribution in [2.45, 2.75) is 45.6 Å². The molecule has 7 heteroatoms. The largest absolute Gasteiger partial charge is 0.342 e. The van der Waals surface area contributed by atoms with Gasteiger partial charge in [0.25, 0.3) is 0 Å². The van der Waals surface area contributed by atoms with Gasteiger partial charge in [-0.15, -0.1) is 0 Å². The van der Waals surface area contributed by atoms with Crippen LogP contribution >= 0.6 is 0 Å². The van der Waals surface area contributed by atoms with Crippen LogP contribution in [0.15, 0.2) is 28.9 Å². The molecule has 2 aliphatic heterocycles. The molecule has 4 rings (SSSR count). The van der Waals surface area contributed by atoms with Crippen LogP contribution in [-0.4, -0.2) is 57.0 Å². The fraction of sp³-hybridized carbons (Fsp3) is 0.600. The summed E-state index contributed by atoms with van der Waals surface area (Å²) in [5, 5.41) is 3.87. The molecule has 2 fully saturated rings. The van der Waals surface area contributed by atoms with E-state index in [-0.39, 0.29) is 5.41 Å². The van der Waals surface area contributed by atoms with E-state index in [2.05, 4.69) is 24.9 Å². The average Bonchev–Trinajstić information content (AvgIpc) is 3.10. The number of pyridine rings is 1. The Bertz CT molecular complexity index is 768. The second kappa shape index (κ2) is 7.76. The van der Waals surface area contributed by atoms with E-state index in [1.54, 1.807) is 0 Å². The van der Waals surface area contributed by atoms with Crippen LogP contribution in [0.4, 0.5) is 0 Å². The van der Waals surface area contributed by atoms with Gasteiger partial charge in [-0.05, 0) is 56.8 Å². The highest BCUT2D eigenvalue weighted by atomic mass is 16.5. The third kappa shape index (κ3) is 4.35. The molecule has 0 aromatic carbocycles. The zero-order valence-electron chi connectivity index (χ0n) is 15.9. The molecule has 0 radical (unpaired) electrons. The van der Waals surface area contributed by atoms with E-state index in [4.69, 9.17) is 4.52 Å². The van der Waals surface area contributed by atoms with Crippen LogP contribution in [0.3, 0.4) is 0 Å². The number of amides is 1. The molecule has 144 valence electrons. The minimum atomic E-state index is 0.263. The number of piperidine rings is 2. The lowest BCUT2D eigenvalue weighted by Crippen LogP contribution is -2.51. The Labute approximate surface area is 159 Å². The number of hydrogen-bond donors (Lipinski definition) is 0.